The first-order valence-electron chi connectivity index (χ1n) is 5.04. The van der Waals surface area contributed by atoms with Gasteiger partial charge >= 0.3 is 0 Å². The fourth-order valence-electron chi connectivity index (χ4n) is 1.51. The maximum absolute atomic E-state index is 12.2. The summed E-state index contributed by atoms with van der Waals surface area (Å²) in [6.07, 6.45) is 9.37. The third kappa shape index (κ3) is 2.14. The zero-order chi connectivity index (χ0) is 11.4. The highest BCUT2D eigenvalue weighted by Crippen LogP contribution is 2.22. The summed E-state index contributed by atoms with van der Waals surface area (Å²) in [7, 11) is -3.33. The molecule has 0 N–H and O–H groups in total. The maximum Gasteiger partial charge on any atom is 0.203 e. The van der Waals surface area contributed by atoms with E-state index in [9.17, 15) is 8.42 Å². The molecule has 0 radical (unpaired) electrons. The summed E-state index contributed by atoms with van der Waals surface area (Å²) in [6.45, 7) is 0. The Morgan fingerprint density at radius 1 is 0.938 bits per heavy atom. The number of rotatable bonds is 2. The Morgan fingerprint density at radius 2 is 1.69 bits per heavy atom. The Morgan fingerprint density at radius 3 is 2.44 bits per heavy atom. The number of hydrogen-bond donors (Lipinski definition) is 0. The van der Waals surface area contributed by atoms with Crippen molar-refractivity contribution in [3.8, 4) is 0 Å². The number of benzene rings is 1. The maximum atomic E-state index is 12.2. The number of sulfone groups is 1. The van der Waals surface area contributed by atoms with Gasteiger partial charge in [-0.1, -0.05) is 42.5 Å². The summed E-state index contributed by atoms with van der Waals surface area (Å²) >= 11 is 0. The van der Waals surface area contributed by atoms with E-state index in [2.05, 4.69) is 0 Å². The largest absolute Gasteiger partial charge is 0.219 e. The molecule has 16 heavy (non-hydrogen) atoms. The first-order valence-corrected chi connectivity index (χ1v) is 6.52. The smallest absolute Gasteiger partial charge is 0.203 e. The van der Waals surface area contributed by atoms with E-state index in [1.165, 1.54) is 0 Å². The van der Waals surface area contributed by atoms with E-state index in [0.29, 0.717) is 16.2 Å². The normalized spacial score (nSPS) is 15.6. The highest BCUT2D eigenvalue weighted by molar-refractivity contribution is 7.95. The van der Waals surface area contributed by atoms with E-state index in [-0.39, 0.29) is 0 Å². The summed E-state index contributed by atoms with van der Waals surface area (Å²) in [6, 6.07) is 8.51. The fourth-order valence-corrected chi connectivity index (χ4v) is 2.90. The number of allylic oxidation sites excluding steroid dienone is 6. The highest BCUT2D eigenvalue weighted by Gasteiger charge is 2.18. The van der Waals surface area contributed by atoms with Crippen LogP contribution in [-0.4, -0.2) is 8.42 Å². The van der Waals surface area contributed by atoms with Gasteiger partial charge in [-0.05, 0) is 18.2 Å². The van der Waals surface area contributed by atoms with Crippen LogP contribution in [0.4, 0.5) is 0 Å². The van der Waals surface area contributed by atoms with Crippen LogP contribution in [0.3, 0.4) is 0 Å². The van der Waals surface area contributed by atoms with Crippen LogP contribution in [0, 0.1) is 0 Å². The van der Waals surface area contributed by atoms with E-state index in [0.717, 1.165) is 0 Å². The van der Waals surface area contributed by atoms with Gasteiger partial charge in [-0.15, -0.1) is 0 Å². The van der Waals surface area contributed by atoms with E-state index in [1.54, 1.807) is 42.5 Å². The lowest BCUT2D eigenvalue weighted by molar-refractivity contribution is 0.601. The molecule has 0 heterocycles. The predicted molar refractivity (Wildman–Crippen MR) is 64.6 cm³/mol. The van der Waals surface area contributed by atoms with Crippen LogP contribution < -0.4 is 0 Å². The summed E-state index contributed by atoms with van der Waals surface area (Å²) in [5, 5.41) is 0. The molecule has 3 heteroatoms. The first-order chi connectivity index (χ1) is 7.71. The van der Waals surface area contributed by atoms with Crippen LogP contribution in [0.15, 0.2) is 70.5 Å². The van der Waals surface area contributed by atoms with Crippen LogP contribution in [0.5, 0.6) is 0 Å². The standard InChI is InChI=1S/C13H12O2S/c14-16(15,13-10-6-3-7-11-13)12-8-4-1-2-5-9-12/h1-8,10-11H,9H2. The van der Waals surface area contributed by atoms with Crippen molar-refractivity contribution >= 4 is 9.84 Å². The monoisotopic (exact) mass is 232 g/mol. The Bertz CT molecular complexity index is 549. The zero-order valence-electron chi connectivity index (χ0n) is 8.71. The molecule has 0 unspecified atom stereocenters. The van der Waals surface area contributed by atoms with Gasteiger partial charge in [0.25, 0.3) is 0 Å². The van der Waals surface area contributed by atoms with E-state index in [4.69, 9.17) is 0 Å². The molecular formula is C13H12O2S. The van der Waals surface area contributed by atoms with Crippen molar-refractivity contribution < 1.29 is 8.42 Å². The van der Waals surface area contributed by atoms with Gasteiger partial charge in [0.05, 0.1) is 9.80 Å². The van der Waals surface area contributed by atoms with Gasteiger partial charge in [-0.2, -0.15) is 0 Å². The topological polar surface area (TPSA) is 34.1 Å². The van der Waals surface area contributed by atoms with Gasteiger partial charge in [0.2, 0.25) is 9.84 Å². The molecular weight excluding hydrogens is 220 g/mol. The van der Waals surface area contributed by atoms with Crippen LogP contribution in [0.25, 0.3) is 0 Å². The van der Waals surface area contributed by atoms with Gasteiger partial charge in [-0.3, -0.25) is 0 Å². The lowest BCUT2D eigenvalue weighted by Crippen LogP contribution is -2.03. The summed E-state index contributed by atoms with van der Waals surface area (Å²) in [4.78, 5) is 0.786. The second-order valence-electron chi connectivity index (χ2n) is 3.47. The Hall–Kier alpha value is -1.61. The Kier molecular flexibility index (Phi) is 3.06. The minimum Gasteiger partial charge on any atom is -0.219 e. The van der Waals surface area contributed by atoms with Crippen molar-refractivity contribution in [3.63, 3.8) is 0 Å². The van der Waals surface area contributed by atoms with Crippen molar-refractivity contribution in [2.45, 2.75) is 11.3 Å². The molecule has 2 rings (SSSR count). The van der Waals surface area contributed by atoms with E-state index in [1.807, 2.05) is 18.2 Å². The highest BCUT2D eigenvalue weighted by atomic mass is 32.2. The lowest BCUT2D eigenvalue weighted by Gasteiger charge is -2.05. The summed E-state index contributed by atoms with van der Waals surface area (Å²) < 4.78 is 24.4. The molecule has 0 aliphatic heterocycles. The molecule has 2 nitrogen and oxygen atoms in total. The van der Waals surface area contributed by atoms with Gasteiger partial charge in [0.15, 0.2) is 0 Å². The van der Waals surface area contributed by atoms with Gasteiger partial charge < -0.3 is 0 Å². The molecule has 1 aromatic rings. The van der Waals surface area contributed by atoms with Gasteiger partial charge in [0.1, 0.15) is 0 Å². The quantitative estimate of drug-likeness (QED) is 0.785. The third-order valence-electron chi connectivity index (χ3n) is 2.36. The van der Waals surface area contributed by atoms with Crippen molar-refractivity contribution in [2.75, 3.05) is 0 Å². The molecule has 0 saturated carbocycles. The molecule has 0 spiro atoms. The SMILES string of the molecule is O=S(=O)(C1=CC=CC=CC1)c1ccccc1. The number of hydrogen-bond acceptors (Lipinski definition) is 2. The van der Waals surface area contributed by atoms with Crippen molar-refractivity contribution in [1.82, 2.24) is 0 Å². The lowest BCUT2D eigenvalue weighted by atomic mass is 10.4. The Labute approximate surface area is 95.5 Å². The van der Waals surface area contributed by atoms with Crippen molar-refractivity contribution in [3.05, 3.63) is 65.6 Å². The predicted octanol–water partition coefficient (Wildman–Crippen LogP) is 2.86. The average molecular weight is 232 g/mol. The van der Waals surface area contributed by atoms with Crippen molar-refractivity contribution in [1.29, 1.82) is 0 Å². The molecule has 0 fully saturated rings. The molecule has 0 aromatic heterocycles. The second-order valence-corrected chi connectivity index (χ2v) is 5.47. The summed E-state index contributed by atoms with van der Waals surface area (Å²) in [5.74, 6) is 0. The third-order valence-corrected chi connectivity index (χ3v) is 4.24. The van der Waals surface area contributed by atoms with E-state index >= 15 is 0 Å². The van der Waals surface area contributed by atoms with Crippen LogP contribution in [-0.2, 0) is 9.84 Å². The minimum atomic E-state index is -3.33. The van der Waals surface area contributed by atoms with Crippen LogP contribution in [0.2, 0.25) is 0 Å². The first kappa shape index (κ1) is 10.9. The molecule has 1 aromatic carbocycles. The molecule has 1 aliphatic carbocycles. The molecule has 0 bridgehead atoms. The minimum absolute atomic E-state index is 0.352. The molecule has 82 valence electrons. The van der Waals surface area contributed by atoms with Gasteiger partial charge in [0, 0.05) is 6.42 Å². The average Bonchev–Trinajstić information content (AvgIpc) is 2.59. The molecule has 0 atom stereocenters. The molecule has 0 saturated heterocycles. The van der Waals surface area contributed by atoms with Crippen LogP contribution in [0.1, 0.15) is 6.42 Å². The fraction of sp³-hybridized carbons (Fsp3) is 0.0769. The zero-order valence-corrected chi connectivity index (χ0v) is 9.52. The second kappa shape index (κ2) is 4.49. The van der Waals surface area contributed by atoms with Crippen molar-refractivity contribution in [2.24, 2.45) is 0 Å². The van der Waals surface area contributed by atoms with Crippen LogP contribution >= 0.6 is 0 Å². The van der Waals surface area contributed by atoms with E-state index < -0.39 is 9.84 Å². The van der Waals surface area contributed by atoms with Gasteiger partial charge in [-0.25, -0.2) is 8.42 Å². The Balaban J connectivity index is 2.44. The molecule has 1 aliphatic rings. The summed E-state index contributed by atoms with van der Waals surface area (Å²) in [5.41, 5.74) is 0. The molecule has 0 amide bonds.